The van der Waals surface area contributed by atoms with Crippen molar-refractivity contribution in [3.8, 4) is 11.5 Å². The Balaban J connectivity index is 1.49. The van der Waals surface area contributed by atoms with E-state index in [1.54, 1.807) is 12.5 Å². The van der Waals surface area contributed by atoms with Crippen LogP contribution in [0.4, 0.5) is 0 Å². The first-order chi connectivity index (χ1) is 14.3. The average Bonchev–Trinajstić information content (AvgIpc) is 3.32. The summed E-state index contributed by atoms with van der Waals surface area (Å²) in [6.45, 7) is 0.402. The average molecular weight is 382 g/mol. The van der Waals surface area contributed by atoms with Gasteiger partial charge in [-0.15, -0.1) is 0 Å². The van der Waals surface area contributed by atoms with Crippen molar-refractivity contribution in [1.82, 2.24) is 10.3 Å². The van der Waals surface area contributed by atoms with Gasteiger partial charge in [0.1, 0.15) is 5.69 Å². The van der Waals surface area contributed by atoms with E-state index in [0.717, 1.165) is 22.4 Å². The molecule has 2 aromatic carbocycles. The van der Waals surface area contributed by atoms with Crippen molar-refractivity contribution in [2.75, 3.05) is 0 Å². The first-order valence-electron chi connectivity index (χ1n) is 9.65. The molecule has 0 aliphatic carbocycles. The molecule has 4 nitrogen and oxygen atoms in total. The zero-order valence-corrected chi connectivity index (χ0v) is 16.0. The van der Waals surface area contributed by atoms with Crippen LogP contribution in [-0.2, 0) is 11.3 Å². The number of aromatic nitrogens is 1. The second kappa shape index (κ2) is 9.02. The van der Waals surface area contributed by atoms with Crippen molar-refractivity contribution < 1.29 is 9.21 Å². The fourth-order valence-corrected chi connectivity index (χ4v) is 3.47. The van der Waals surface area contributed by atoms with Crippen LogP contribution in [0.25, 0.3) is 11.5 Å². The highest BCUT2D eigenvalue weighted by molar-refractivity contribution is 5.77. The maximum Gasteiger partial charge on any atom is 0.221 e. The highest BCUT2D eigenvalue weighted by atomic mass is 16.3. The van der Waals surface area contributed by atoms with Gasteiger partial charge in [0.25, 0.3) is 0 Å². The summed E-state index contributed by atoms with van der Waals surface area (Å²) in [5.41, 5.74) is 3.94. The minimum atomic E-state index is -0.00282. The normalized spacial score (nSPS) is 10.8. The Morgan fingerprint density at radius 1 is 0.862 bits per heavy atom. The molecule has 144 valence electrons. The predicted octanol–water partition coefficient (Wildman–Crippen LogP) is 5.18. The standard InChI is InChI=1S/C25H22N2O2/c28-24(27-18-21-13-7-15-26-25(21)23-14-8-16-29-23)17-22(19-9-3-1-4-10-19)20-11-5-2-6-12-20/h1-16,22H,17-18H2,(H,27,28). The van der Waals surface area contributed by atoms with E-state index in [4.69, 9.17) is 4.42 Å². The Hall–Kier alpha value is -3.66. The lowest BCUT2D eigenvalue weighted by Gasteiger charge is -2.18. The lowest BCUT2D eigenvalue weighted by atomic mass is 9.88. The third kappa shape index (κ3) is 4.61. The van der Waals surface area contributed by atoms with E-state index in [1.807, 2.05) is 60.7 Å². The van der Waals surface area contributed by atoms with Crippen molar-refractivity contribution in [3.63, 3.8) is 0 Å². The molecule has 4 rings (SSSR count). The predicted molar refractivity (Wildman–Crippen MR) is 113 cm³/mol. The van der Waals surface area contributed by atoms with E-state index in [-0.39, 0.29) is 11.8 Å². The number of amides is 1. The first kappa shape index (κ1) is 18.7. The molecule has 0 bridgehead atoms. The van der Waals surface area contributed by atoms with Crippen molar-refractivity contribution in [2.24, 2.45) is 0 Å². The fraction of sp³-hybridized carbons (Fsp3) is 0.120. The molecule has 2 heterocycles. The molecular weight excluding hydrogens is 360 g/mol. The number of furan rings is 1. The van der Waals surface area contributed by atoms with E-state index >= 15 is 0 Å². The van der Waals surface area contributed by atoms with Crippen LogP contribution in [0, 0.1) is 0 Å². The topological polar surface area (TPSA) is 55.1 Å². The molecule has 0 atom stereocenters. The lowest BCUT2D eigenvalue weighted by Crippen LogP contribution is -2.25. The lowest BCUT2D eigenvalue weighted by molar-refractivity contribution is -0.121. The number of hydrogen-bond acceptors (Lipinski definition) is 3. The van der Waals surface area contributed by atoms with Gasteiger partial charge in [0.15, 0.2) is 5.76 Å². The van der Waals surface area contributed by atoms with Crippen LogP contribution in [0.1, 0.15) is 29.0 Å². The van der Waals surface area contributed by atoms with Crippen LogP contribution in [0.5, 0.6) is 0 Å². The Morgan fingerprint density at radius 3 is 2.17 bits per heavy atom. The van der Waals surface area contributed by atoms with Gasteiger partial charge in [-0.3, -0.25) is 9.78 Å². The smallest absolute Gasteiger partial charge is 0.221 e. The molecule has 1 N–H and O–H groups in total. The van der Waals surface area contributed by atoms with E-state index in [1.165, 1.54) is 0 Å². The number of nitrogens with zero attached hydrogens (tertiary/aromatic N) is 1. The van der Waals surface area contributed by atoms with E-state index in [9.17, 15) is 4.79 Å². The van der Waals surface area contributed by atoms with Crippen molar-refractivity contribution in [1.29, 1.82) is 0 Å². The molecule has 0 aliphatic heterocycles. The van der Waals surface area contributed by atoms with Crippen molar-refractivity contribution in [3.05, 3.63) is 114 Å². The van der Waals surface area contributed by atoms with Crippen LogP contribution in [0.3, 0.4) is 0 Å². The molecule has 0 unspecified atom stereocenters. The van der Waals surface area contributed by atoms with E-state index in [2.05, 4.69) is 34.6 Å². The van der Waals surface area contributed by atoms with Crippen LogP contribution >= 0.6 is 0 Å². The van der Waals surface area contributed by atoms with Gasteiger partial charge in [-0.25, -0.2) is 0 Å². The third-order valence-electron chi connectivity index (χ3n) is 4.92. The Morgan fingerprint density at radius 2 is 1.55 bits per heavy atom. The summed E-state index contributed by atoms with van der Waals surface area (Å²) in [6.07, 6.45) is 3.73. The summed E-state index contributed by atoms with van der Waals surface area (Å²) in [4.78, 5) is 17.2. The molecule has 4 aromatic rings. The van der Waals surface area contributed by atoms with Gasteiger partial charge in [0, 0.05) is 30.6 Å². The summed E-state index contributed by atoms with van der Waals surface area (Å²) in [5.74, 6) is 0.703. The Labute approximate surface area is 170 Å². The summed E-state index contributed by atoms with van der Waals surface area (Å²) in [5, 5.41) is 3.05. The van der Waals surface area contributed by atoms with Crippen LogP contribution < -0.4 is 5.32 Å². The number of pyridine rings is 1. The van der Waals surface area contributed by atoms with E-state index in [0.29, 0.717) is 18.7 Å². The SMILES string of the molecule is O=C(CC(c1ccccc1)c1ccccc1)NCc1cccnc1-c1ccco1. The van der Waals surface area contributed by atoms with E-state index < -0.39 is 0 Å². The monoisotopic (exact) mass is 382 g/mol. The minimum Gasteiger partial charge on any atom is -0.463 e. The highest BCUT2D eigenvalue weighted by Gasteiger charge is 2.18. The zero-order chi connectivity index (χ0) is 19.9. The molecule has 0 spiro atoms. The molecule has 29 heavy (non-hydrogen) atoms. The highest BCUT2D eigenvalue weighted by Crippen LogP contribution is 2.28. The van der Waals surface area contributed by atoms with Gasteiger partial charge >= 0.3 is 0 Å². The molecule has 0 radical (unpaired) electrons. The second-order valence-corrected chi connectivity index (χ2v) is 6.84. The Kier molecular flexibility index (Phi) is 5.81. The first-order valence-corrected chi connectivity index (χ1v) is 9.65. The third-order valence-corrected chi connectivity index (χ3v) is 4.92. The van der Waals surface area contributed by atoms with Crippen LogP contribution in [0.15, 0.2) is 102 Å². The second-order valence-electron chi connectivity index (χ2n) is 6.84. The summed E-state index contributed by atoms with van der Waals surface area (Å²) >= 11 is 0. The van der Waals surface area contributed by atoms with Crippen molar-refractivity contribution in [2.45, 2.75) is 18.9 Å². The number of benzene rings is 2. The van der Waals surface area contributed by atoms with Gasteiger partial charge in [-0.1, -0.05) is 66.7 Å². The quantitative estimate of drug-likeness (QED) is 0.479. The molecule has 0 fully saturated rings. The molecule has 1 amide bonds. The van der Waals surface area contributed by atoms with Gasteiger partial charge in [-0.2, -0.15) is 0 Å². The fourth-order valence-electron chi connectivity index (χ4n) is 3.47. The molecule has 4 heteroatoms. The number of rotatable bonds is 7. The molecular formula is C25H22N2O2. The largest absolute Gasteiger partial charge is 0.463 e. The molecule has 0 saturated carbocycles. The molecule has 2 aromatic heterocycles. The van der Waals surface area contributed by atoms with Crippen LogP contribution in [-0.4, -0.2) is 10.9 Å². The summed E-state index contributed by atoms with van der Waals surface area (Å²) in [7, 11) is 0. The maximum atomic E-state index is 12.8. The Bertz CT molecular complexity index is 1010. The minimum absolute atomic E-state index is 0.00282. The maximum absolute atomic E-state index is 12.8. The summed E-state index contributed by atoms with van der Waals surface area (Å²) in [6, 6.07) is 27.8. The van der Waals surface area contributed by atoms with Gasteiger partial charge in [0.2, 0.25) is 5.91 Å². The number of carbonyl (C=O) groups is 1. The van der Waals surface area contributed by atoms with Crippen molar-refractivity contribution >= 4 is 5.91 Å². The van der Waals surface area contributed by atoms with Gasteiger partial charge < -0.3 is 9.73 Å². The molecule has 0 aliphatic rings. The summed E-state index contributed by atoms with van der Waals surface area (Å²) < 4.78 is 5.47. The number of hydrogen-bond donors (Lipinski definition) is 1. The van der Waals surface area contributed by atoms with Crippen LogP contribution in [0.2, 0.25) is 0 Å². The number of carbonyl (C=O) groups excluding carboxylic acids is 1. The molecule has 0 saturated heterocycles. The number of nitrogens with one attached hydrogen (secondary N) is 1. The van der Waals surface area contributed by atoms with Gasteiger partial charge in [0.05, 0.1) is 6.26 Å². The van der Waals surface area contributed by atoms with Gasteiger partial charge in [-0.05, 0) is 29.3 Å². The zero-order valence-electron chi connectivity index (χ0n) is 16.0.